The van der Waals surface area contributed by atoms with Crippen LogP contribution in [0.25, 0.3) is 0 Å². The van der Waals surface area contributed by atoms with Crippen molar-refractivity contribution in [3.63, 3.8) is 0 Å². The fraction of sp³-hybridized carbons (Fsp3) is 0.111. The summed E-state index contributed by atoms with van der Waals surface area (Å²) in [6, 6.07) is 2.23. The van der Waals surface area contributed by atoms with Crippen molar-refractivity contribution in [3.05, 3.63) is 29.1 Å². The highest BCUT2D eigenvalue weighted by molar-refractivity contribution is 5.93. The van der Waals surface area contributed by atoms with Gasteiger partial charge in [0.05, 0.1) is 7.11 Å². The summed E-state index contributed by atoms with van der Waals surface area (Å²) >= 11 is 0. The standard InChI is InChI=1S/C9H7NO5/c1-15-9(14)7-3-5(4-11)2-6(10-7)8(12)13/h2-4H,1H3,(H,12,13). The predicted molar refractivity (Wildman–Crippen MR) is 47.9 cm³/mol. The highest BCUT2D eigenvalue weighted by Crippen LogP contribution is 2.05. The Morgan fingerprint density at radius 1 is 1.40 bits per heavy atom. The Morgan fingerprint density at radius 3 is 2.47 bits per heavy atom. The van der Waals surface area contributed by atoms with Crippen LogP contribution in [-0.2, 0) is 4.74 Å². The van der Waals surface area contributed by atoms with E-state index in [-0.39, 0.29) is 17.0 Å². The van der Waals surface area contributed by atoms with Crippen LogP contribution in [0.15, 0.2) is 12.1 Å². The van der Waals surface area contributed by atoms with Crippen molar-refractivity contribution in [2.45, 2.75) is 0 Å². The number of carboxylic acid groups (broad SMARTS) is 1. The molecule has 0 fully saturated rings. The van der Waals surface area contributed by atoms with E-state index in [1.807, 2.05) is 0 Å². The summed E-state index contributed by atoms with van der Waals surface area (Å²) in [6.45, 7) is 0. The molecule has 1 heterocycles. The molecule has 0 unspecified atom stereocenters. The number of aldehydes is 1. The van der Waals surface area contributed by atoms with Crippen LogP contribution in [0.1, 0.15) is 31.3 Å². The fourth-order valence-corrected chi connectivity index (χ4v) is 0.938. The first-order valence-corrected chi connectivity index (χ1v) is 3.87. The van der Waals surface area contributed by atoms with Gasteiger partial charge in [-0.1, -0.05) is 0 Å². The second kappa shape index (κ2) is 4.32. The van der Waals surface area contributed by atoms with E-state index in [2.05, 4.69) is 9.72 Å². The van der Waals surface area contributed by atoms with Crippen molar-refractivity contribution >= 4 is 18.2 Å². The third-order valence-electron chi connectivity index (χ3n) is 1.60. The maximum atomic E-state index is 11.1. The van der Waals surface area contributed by atoms with Crippen molar-refractivity contribution in [2.75, 3.05) is 7.11 Å². The molecule has 0 saturated carbocycles. The normalized spacial score (nSPS) is 9.40. The third kappa shape index (κ3) is 2.37. The predicted octanol–water partition coefficient (Wildman–Crippen LogP) is 0.379. The number of hydrogen-bond acceptors (Lipinski definition) is 5. The number of hydrogen-bond donors (Lipinski definition) is 1. The molecule has 0 atom stereocenters. The average molecular weight is 209 g/mol. The summed E-state index contributed by atoms with van der Waals surface area (Å²) < 4.78 is 4.36. The zero-order chi connectivity index (χ0) is 11.4. The number of esters is 1. The Morgan fingerprint density at radius 2 is 2.00 bits per heavy atom. The molecule has 1 aromatic rings. The second-order valence-corrected chi connectivity index (χ2v) is 2.59. The van der Waals surface area contributed by atoms with Crippen LogP contribution in [0.2, 0.25) is 0 Å². The molecule has 1 N–H and O–H groups in total. The summed E-state index contributed by atoms with van der Waals surface area (Å²) in [5.41, 5.74) is -0.526. The van der Waals surface area contributed by atoms with Gasteiger partial charge in [0, 0.05) is 5.56 Å². The molecule has 0 aliphatic carbocycles. The number of carboxylic acids is 1. The van der Waals surface area contributed by atoms with Crippen molar-refractivity contribution in [1.82, 2.24) is 4.98 Å². The largest absolute Gasteiger partial charge is 0.477 e. The number of carbonyl (C=O) groups is 3. The molecule has 0 aliphatic heterocycles. The van der Waals surface area contributed by atoms with E-state index in [1.165, 1.54) is 0 Å². The topological polar surface area (TPSA) is 93.6 Å². The Labute approximate surface area is 84.5 Å². The van der Waals surface area contributed by atoms with Gasteiger partial charge in [-0.15, -0.1) is 0 Å². The molecule has 0 radical (unpaired) electrons. The van der Waals surface area contributed by atoms with Crippen LogP contribution >= 0.6 is 0 Å². The van der Waals surface area contributed by atoms with Crippen molar-refractivity contribution in [1.29, 1.82) is 0 Å². The maximum absolute atomic E-state index is 11.1. The van der Waals surface area contributed by atoms with Gasteiger partial charge in [0.15, 0.2) is 0 Å². The molecule has 0 aromatic carbocycles. The number of carbonyl (C=O) groups excluding carboxylic acids is 2. The van der Waals surface area contributed by atoms with Gasteiger partial charge >= 0.3 is 11.9 Å². The summed E-state index contributed by atoms with van der Waals surface area (Å²) in [6.07, 6.45) is 0.431. The Kier molecular flexibility index (Phi) is 3.12. The lowest BCUT2D eigenvalue weighted by Gasteiger charge is -2.01. The van der Waals surface area contributed by atoms with E-state index in [9.17, 15) is 14.4 Å². The quantitative estimate of drug-likeness (QED) is 0.571. The minimum atomic E-state index is -1.32. The Hall–Kier alpha value is -2.24. The van der Waals surface area contributed by atoms with Gasteiger partial charge in [0.2, 0.25) is 0 Å². The zero-order valence-corrected chi connectivity index (χ0v) is 7.76. The molecule has 6 nitrogen and oxygen atoms in total. The first-order valence-electron chi connectivity index (χ1n) is 3.87. The molecule has 0 amide bonds. The molecule has 0 bridgehead atoms. The van der Waals surface area contributed by atoms with E-state index in [1.54, 1.807) is 0 Å². The lowest BCUT2D eigenvalue weighted by molar-refractivity contribution is 0.0593. The lowest BCUT2D eigenvalue weighted by Crippen LogP contribution is -2.10. The molecule has 0 aliphatic rings. The third-order valence-corrected chi connectivity index (χ3v) is 1.60. The lowest BCUT2D eigenvalue weighted by atomic mass is 10.2. The molecule has 78 valence electrons. The van der Waals surface area contributed by atoms with Crippen LogP contribution in [-0.4, -0.2) is 35.4 Å². The number of ether oxygens (including phenoxy) is 1. The van der Waals surface area contributed by atoms with E-state index < -0.39 is 11.9 Å². The van der Waals surface area contributed by atoms with Gasteiger partial charge < -0.3 is 9.84 Å². The molecule has 0 saturated heterocycles. The summed E-state index contributed by atoms with van der Waals surface area (Å²) in [5, 5.41) is 8.65. The van der Waals surface area contributed by atoms with Gasteiger partial charge in [0.25, 0.3) is 0 Å². The summed E-state index contributed by atoms with van der Waals surface area (Å²) in [7, 11) is 1.14. The van der Waals surface area contributed by atoms with Crippen molar-refractivity contribution in [2.24, 2.45) is 0 Å². The molecule has 1 aromatic heterocycles. The molecular formula is C9H7NO5. The number of methoxy groups -OCH3 is 1. The van der Waals surface area contributed by atoms with E-state index in [0.717, 1.165) is 19.2 Å². The van der Waals surface area contributed by atoms with Gasteiger partial charge in [-0.3, -0.25) is 4.79 Å². The second-order valence-electron chi connectivity index (χ2n) is 2.59. The minimum absolute atomic E-state index is 0.0581. The number of nitrogens with zero attached hydrogens (tertiary/aromatic N) is 1. The summed E-state index contributed by atoms with van der Waals surface area (Å²) in [5.74, 6) is -2.11. The first-order chi connectivity index (χ1) is 7.08. The number of rotatable bonds is 3. The van der Waals surface area contributed by atoms with Gasteiger partial charge in [-0.05, 0) is 12.1 Å². The van der Waals surface area contributed by atoms with Crippen LogP contribution in [0.4, 0.5) is 0 Å². The minimum Gasteiger partial charge on any atom is -0.477 e. The molecule has 6 heteroatoms. The molecule has 15 heavy (non-hydrogen) atoms. The van der Waals surface area contributed by atoms with E-state index in [0.29, 0.717) is 6.29 Å². The van der Waals surface area contributed by atoms with Gasteiger partial charge in [0.1, 0.15) is 17.7 Å². The first kappa shape index (κ1) is 10.8. The van der Waals surface area contributed by atoms with Gasteiger partial charge in [-0.2, -0.15) is 0 Å². The number of pyridine rings is 1. The number of aromatic nitrogens is 1. The van der Waals surface area contributed by atoms with Crippen LogP contribution in [0, 0.1) is 0 Å². The number of aromatic carboxylic acids is 1. The fourth-order valence-electron chi connectivity index (χ4n) is 0.938. The monoisotopic (exact) mass is 209 g/mol. The SMILES string of the molecule is COC(=O)c1cc(C=O)cc(C(=O)O)n1. The van der Waals surface area contributed by atoms with Gasteiger partial charge in [-0.25, -0.2) is 14.6 Å². The highest BCUT2D eigenvalue weighted by Gasteiger charge is 2.13. The van der Waals surface area contributed by atoms with Crippen LogP contribution in [0.5, 0.6) is 0 Å². The van der Waals surface area contributed by atoms with Crippen LogP contribution < -0.4 is 0 Å². The highest BCUT2D eigenvalue weighted by atomic mass is 16.5. The van der Waals surface area contributed by atoms with Crippen molar-refractivity contribution < 1.29 is 24.2 Å². The smallest absolute Gasteiger partial charge is 0.356 e. The molecule has 1 rings (SSSR count). The Balaban J connectivity index is 3.28. The zero-order valence-electron chi connectivity index (χ0n) is 7.76. The van der Waals surface area contributed by atoms with E-state index >= 15 is 0 Å². The Bertz CT molecular complexity index is 427. The van der Waals surface area contributed by atoms with Crippen LogP contribution in [0.3, 0.4) is 0 Å². The van der Waals surface area contributed by atoms with Crippen molar-refractivity contribution in [3.8, 4) is 0 Å². The maximum Gasteiger partial charge on any atom is 0.356 e. The molecule has 0 spiro atoms. The summed E-state index contributed by atoms with van der Waals surface area (Å²) in [4.78, 5) is 35.7. The molecular weight excluding hydrogens is 202 g/mol. The average Bonchev–Trinajstić information content (AvgIpc) is 2.27. The van der Waals surface area contributed by atoms with E-state index in [4.69, 9.17) is 5.11 Å².